The fourth-order valence-corrected chi connectivity index (χ4v) is 5.08. The lowest BCUT2D eigenvalue weighted by Gasteiger charge is -2.09. The summed E-state index contributed by atoms with van der Waals surface area (Å²) < 4.78 is 65.1. The van der Waals surface area contributed by atoms with E-state index in [0.29, 0.717) is 145 Å². The van der Waals surface area contributed by atoms with Crippen LogP contribution >= 0.6 is 21.6 Å². The van der Waals surface area contributed by atoms with Gasteiger partial charge in [-0.25, -0.2) is 0 Å². The van der Waals surface area contributed by atoms with Crippen LogP contribution in [-0.2, 0) is 56.8 Å². The predicted molar refractivity (Wildman–Crippen MR) is 194 cm³/mol. The smallest absolute Gasteiger partial charge is 0.161 e. The molecule has 0 saturated carbocycles. The Labute approximate surface area is 303 Å². The van der Waals surface area contributed by atoms with Gasteiger partial charge >= 0.3 is 0 Å². The highest BCUT2D eigenvalue weighted by molar-refractivity contribution is 8.82. The molecule has 0 heterocycles. The zero-order chi connectivity index (χ0) is 35.4. The van der Waals surface area contributed by atoms with E-state index in [2.05, 4.69) is 5.32 Å². The Balaban J connectivity index is 3.05. The normalized spacial score (nSPS) is 11.5. The van der Waals surface area contributed by atoms with E-state index in [1.54, 1.807) is 17.9 Å². The molecule has 0 radical (unpaired) electrons. The minimum atomic E-state index is 0.177. The summed E-state index contributed by atoms with van der Waals surface area (Å²) in [5, 5.41) is 10.8. The van der Waals surface area contributed by atoms with E-state index in [9.17, 15) is 0 Å². The number of rotatable bonds is 44. The van der Waals surface area contributed by atoms with E-state index in [1.165, 1.54) is 23.6 Å². The van der Waals surface area contributed by atoms with E-state index >= 15 is 0 Å². The van der Waals surface area contributed by atoms with Gasteiger partial charge in [0.05, 0.1) is 145 Å². The first kappa shape index (κ1) is 48.6. The molecule has 0 unspecified atom stereocenters. The molecule has 49 heavy (non-hydrogen) atoms. The molecule has 17 heteroatoms. The summed E-state index contributed by atoms with van der Waals surface area (Å²) in [6.07, 6.45) is 4.50. The van der Waals surface area contributed by atoms with Gasteiger partial charge in [-0.1, -0.05) is 17.2 Å². The van der Waals surface area contributed by atoms with Crippen LogP contribution in [0.1, 0.15) is 25.7 Å². The Kier molecular flexibility index (Phi) is 45.3. The molecule has 0 rings (SSSR count). The average Bonchev–Trinajstić information content (AvgIpc) is 3.10. The molecule has 0 aromatic carbocycles. The maximum Gasteiger partial charge on any atom is 0.161 e. The summed E-state index contributed by atoms with van der Waals surface area (Å²) >= 11 is 0. The van der Waals surface area contributed by atoms with Crippen molar-refractivity contribution in [3.63, 3.8) is 0 Å². The lowest BCUT2D eigenvalue weighted by molar-refractivity contribution is -0.0280. The highest BCUT2D eigenvalue weighted by Crippen LogP contribution is 2.21. The summed E-state index contributed by atoms with van der Waals surface area (Å²) in [5.74, 6) is 1.04. The van der Waals surface area contributed by atoms with Gasteiger partial charge in [0, 0.05) is 19.5 Å². The summed E-state index contributed by atoms with van der Waals surface area (Å²) in [4.78, 5) is 0. The van der Waals surface area contributed by atoms with Crippen molar-refractivity contribution in [1.82, 2.24) is 5.32 Å². The lowest BCUT2D eigenvalue weighted by atomic mass is 10.2. The number of amidine groups is 1. The van der Waals surface area contributed by atoms with Crippen LogP contribution in [0.3, 0.4) is 0 Å². The molecule has 0 fully saturated rings. The second-order valence-corrected chi connectivity index (χ2v) is 12.6. The predicted octanol–water partition coefficient (Wildman–Crippen LogP) is 2.24. The van der Waals surface area contributed by atoms with E-state index in [0.717, 1.165) is 38.3 Å². The maximum absolute atomic E-state index is 7.15. The monoisotopic (exact) mass is 749 g/mol. The van der Waals surface area contributed by atoms with Crippen LogP contribution in [0.2, 0.25) is 0 Å². The van der Waals surface area contributed by atoms with Crippen LogP contribution in [-0.4, -0.2) is 183 Å². The van der Waals surface area contributed by atoms with Gasteiger partial charge in [-0.15, -0.1) is 0 Å². The topological polar surface area (TPSA) is 173 Å². The molecule has 4 N–H and O–H groups in total. The molecule has 0 saturated heterocycles. The minimum Gasteiger partial charge on any atom is -0.382 e. The molecule has 0 aliphatic heterocycles. The highest BCUT2D eigenvalue weighted by atomic mass is 33.1. The number of hydrogen-bond acceptors (Lipinski definition) is 16. The fraction of sp³-hybridized carbons (Fsp3) is 0.969. The number of ether oxygens (including phenoxy) is 12. The van der Waals surface area contributed by atoms with Crippen molar-refractivity contribution in [1.29, 1.82) is 5.41 Å². The van der Waals surface area contributed by atoms with Crippen LogP contribution in [0.15, 0.2) is 0 Å². The van der Waals surface area contributed by atoms with E-state index in [-0.39, 0.29) is 5.17 Å². The largest absolute Gasteiger partial charge is 0.382 e. The van der Waals surface area contributed by atoms with Gasteiger partial charge in [-0.2, -0.15) is 0 Å². The Hall–Kier alpha value is -0.350. The molecule has 0 aliphatic carbocycles. The summed E-state index contributed by atoms with van der Waals surface area (Å²) in [6.45, 7) is 14.5. The van der Waals surface area contributed by atoms with Gasteiger partial charge in [-0.05, 0) is 43.1 Å². The van der Waals surface area contributed by atoms with Crippen molar-refractivity contribution < 1.29 is 56.8 Å². The van der Waals surface area contributed by atoms with E-state index < -0.39 is 0 Å². The summed E-state index contributed by atoms with van der Waals surface area (Å²) in [7, 11) is 4.64. The Morgan fingerprint density at radius 1 is 0.429 bits per heavy atom. The van der Waals surface area contributed by atoms with Crippen molar-refractivity contribution in [2.45, 2.75) is 25.7 Å². The second-order valence-electron chi connectivity index (χ2n) is 10.2. The standard InChI is InChI=1S/C32H67N3O12S2/c1-36-9-10-38-13-14-40-17-18-42-21-22-44-25-26-46-29-30-47-28-27-45-24-23-43-20-19-41-16-15-39-12-11-37-8-5-7-35-6-3-2-4-31-48-49-32(33)34/h35H,2-31H2,1H3,(H3,33,34). The minimum absolute atomic E-state index is 0.177. The molecule has 0 aromatic heterocycles. The van der Waals surface area contributed by atoms with Crippen LogP contribution in [0.5, 0.6) is 0 Å². The molecule has 0 spiro atoms. The number of unbranched alkanes of at least 4 members (excludes halogenated alkanes) is 2. The van der Waals surface area contributed by atoms with Crippen molar-refractivity contribution in [3.8, 4) is 0 Å². The Bertz CT molecular complexity index is 640. The molecule has 15 nitrogen and oxygen atoms in total. The molecule has 0 aromatic rings. The van der Waals surface area contributed by atoms with Crippen LogP contribution in [0.4, 0.5) is 0 Å². The van der Waals surface area contributed by atoms with Crippen LogP contribution < -0.4 is 11.1 Å². The summed E-state index contributed by atoms with van der Waals surface area (Å²) in [5.41, 5.74) is 5.30. The lowest BCUT2D eigenvalue weighted by Crippen LogP contribution is -2.18. The van der Waals surface area contributed by atoms with Crippen molar-refractivity contribution in [2.24, 2.45) is 5.73 Å². The van der Waals surface area contributed by atoms with Gasteiger partial charge in [0.2, 0.25) is 0 Å². The van der Waals surface area contributed by atoms with Gasteiger partial charge in [0.1, 0.15) is 0 Å². The highest BCUT2D eigenvalue weighted by Gasteiger charge is 1.98. The first-order valence-corrected chi connectivity index (χ1v) is 19.8. The third-order valence-electron chi connectivity index (χ3n) is 6.02. The third kappa shape index (κ3) is 47.6. The number of nitrogens with two attached hydrogens (primary N) is 1. The van der Waals surface area contributed by atoms with Crippen molar-refractivity contribution in [3.05, 3.63) is 0 Å². The molecule has 0 amide bonds. The fourth-order valence-electron chi connectivity index (χ4n) is 3.56. The van der Waals surface area contributed by atoms with Crippen molar-refractivity contribution in [2.75, 3.05) is 178 Å². The molecular weight excluding hydrogens is 682 g/mol. The zero-order valence-electron chi connectivity index (χ0n) is 30.0. The molecule has 0 bridgehead atoms. The average molecular weight is 750 g/mol. The molecule has 294 valence electrons. The maximum atomic E-state index is 7.15. The Morgan fingerprint density at radius 2 is 0.735 bits per heavy atom. The number of nitrogens with one attached hydrogen (secondary N) is 2. The van der Waals surface area contributed by atoms with Crippen molar-refractivity contribution >= 4 is 26.8 Å². The molecule has 0 atom stereocenters. The van der Waals surface area contributed by atoms with Crippen LogP contribution in [0, 0.1) is 5.41 Å². The first-order valence-electron chi connectivity index (χ1n) is 17.5. The SMILES string of the molecule is COCCOCCOCCOCCOCCOCCOCCOCCOCCOCCOCCOCCCNCCCCCSSC(=N)N. The first-order chi connectivity index (χ1) is 24.3. The third-order valence-corrected chi connectivity index (χ3v) is 8.17. The van der Waals surface area contributed by atoms with Gasteiger partial charge in [-0.3, -0.25) is 5.41 Å². The quantitative estimate of drug-likeness (QED) is 0.0358. The van der Waals surface area contributed by atoms with Crippen LogP contribution in [0.25, 0.3) is 0 Å². The molecule has 0 aliphatic rings. The number of hydrogen-bond donors (Lipinski definition) is 3. The van der Waals surface area contributed by atoms with Gasteiger partial charge in [0.25, 0.3) is 0 Å². The van der Waals surface area contributed by atoms with Gasteiger partial charge in [0.15, 0.2) is 5.17 Å². The van der Waals surface area contributed by atoms with E-state index in [4.69, 9.17) is 68.0 Å². The summed E-state index contributed by atoms with van der Waals surface area (Å²) in [6, 6.07) is 0. The zero-order valence-corrected chi connectivity index (χ0v) is 31.6. The van der Waals surface area contributed by atoms with Gasteiger partial charge < -0.3 is 67.9 Å². The van der Waals surface area contributed by atoms with E-state index in [1.807, 2.05) is 0 Å². The Morgan fingerprint density at radius 3 is 1.06 bits per heavy atom. The second kappa shape index (κ2) is 45.7. The number of methoxy groups -OCH3 is 1. The molecular formula is C32H67N3O12S2.